The summed E-state index contributed by atoms with van der Waals surface area (Å²) in [7, 11) is 0. The van der Waals surface area contributed by atoms with Gasteiger partial charge in [-0.1, -0.05) is 0 Å². The number of hydrogen-bond donors (Lipinski definition) is 1. The maximum Gasteiger partial charge on any atom is 0.271 e. The van der Waals surface area contributed by atoms with Crippen molar-refractivity contribution in [1.82, 2.24) is 20.1 Å². The summed E-state index contributed by atoms with van der Waals surface area (Å²) in [5.41, 5.74) is 2.33. The van der Waals surface area contributed by atoms with E-state index in [0.717, 1.165) is 41.9 Å². The number of nitrogens with zero attached hydrogens (tertiary/aromatic N) is 3. The second-order valence-corrected chi connectivity index (χ2v) is 7.60. The maximum atomic E-state index is 12.5. The molecular weight excluding hydrogens is 340 g/mol. The van der Waals surface area contributed by atoms with Gasteiger partial charge >= 0.3 is 0 Å². The van der Waals surface area contributed by atoms with Crippen LogP contribution in [-0.2, 0) is 17.6 Å². The molecule has 0 saturated carbocycles. The van der Waals surface area contributed by atoms with Crippen molar-refractivity contribution in [2.75, 3.05) is 13.2 Å². The highest BCUT2D eigenvalue weighted by molar-refractivity contribution is 7.09. The van der Waals surface area contributed by atoms with Crippen LogP contribution in [0.25, 0.3) is 0 Å². The van der Waals surface area contributed by atoms with Crippen LogP contribution in [0.4, 0.5) is 0 Å². The van der Waals surface area contributed by atoms with Crippen molar-refractivity contribution in [2.45, 2.75) is 44.7 Å². The highest BCUT2D eigenvalue weighted by Crippen LogP contribution is 2.21. The highest BCUT2D eigenvalue weighted by atomic mass is 32.1. The number of hydrogen-bond acceptors (Lipinski definition) is 6. The van der Waals surface area contributed by atoms with Gasteiger partial charge < -0.3 is 10.1 Å². The number of rotatable bonds is 3. The minimum Gasteiger partial charge on any atom is -0.377 e. The lowest BCUT2D eigenvalue weighted by Crippen LogP contribution is -2.44. The molecule has 2 aromatic rings. The quantitative estimate of drug-likeness (QED) is 0.890. The van der Waals surface area contributed by atoms with E-state index in [0.29, 0.717) is 18.9 Å². The molecule has 1 aliphatic heterocycles. The van der Waals surface area contributed by atoms with Crippen molar-refractivity contribution in [2.24, 2.45) is 0 Å². The molecule has 2 aliphatic rings. The second-order valence-electron chi connectivity index (χ2n) is 6.54. The van der Waals surface area contributed by atoms with Crippen molar-refractivity contribution >= 4 is 17.2 Å². The van der Waals surface area contributed by atoms with E-state index in [9.17, 15) is 9.59 Å². The number of aromatic nitrogens is 3. The van der Waals surface area contributed by atoms with E-state index in [-0.39, 0.29) is 23.6 Å². The molecule has 2 aromatic heterocycles. The molecule has 2 atom stereocenters. The number of fused-ring (bicyclic) bond motifs is 1. The Bertz CT molecular complexity index is 860. The van der Waals surface area contributed by atoms with Crippen molar-refractivity contribution < 1.29 is 9.53 Å². The first kappa shape index (κ1) is 16.4. The summed E-state index contributed by atoms with van der Waals surface area (Å²) in [5.74, 6) is -0.240. The van der Waals surface area contributed by atoms with Crippen LogP contribution in [0, 0.1) is 6.92 Å². The van der Waals surface area contributed by atoms with Crippen LogP contribution in [0.3, 0.4) is 0 Å². The van der Waals surface area contributed by atoms with Crippen molar-refractivity contribution in [1.29, 1.82) is 0 Å². The summed E-state index contributed by atoms with van der Waals surface area (Å²) < 4.78 is 7.03. The number of nitrogens with one attached hydrogen (secondary N) is 1. The van der Waals surface area contributed by atoms with E-state index in [1.165, 1.54) is 16.0 Å². The normalized spacial score (nSPS) is 22.6. The molecule has 1 fully saturated rings. The molecule has 132 valence electrons. The lowest BCUT2D eigenvalue weighted by molar-refractivity contribution is 0.0920. The minimum absolute atomic E-state index is 0.125. The summed E-state index contributed by atoms with van der Waals surface area (Å²) in [5, 5.41) is 10.1. The van der Waals surface area contributed by atoms with Gasteiger partial charge in [0.05, 0.1) is 30.0 Å². The molecule has 0 radical (unpaired) electrons. The van der Waals surface area contributed by atoms with Gasteiger partial charge in [-0.25, -0.2) is 9.67 Å². The zero-order valence-electron chi connectivity index (χ0n) is 14.0. The minimum atomic E-state index is -0.290. The van der Waals surface area contributed by atoms with Gasteiger partial charge in [0.25, 0.3) is 11.5 Å². The Labute approximate surface area is 149 Å². The van der Waals surface area contributed by atoms with Gasteiger partial charge in [-0.3, -0.25) is 9.59 Å². The van der Waals surface area contributed by atoms with Crippen LogP contribution in [-0.4, -0.2) is 39.9 Å². The summed E-state index contributed by atoms with van der Waals surface area (Å²) in [6, 6.07) is 1.12. The van der Waals surface area contributed by atoms with Crippen LogP contribution < -0.4 is 10.9 Å². The average molecular weight is 360 g/mol. The Balaban J connectivity index is 1.57. The van der Waals surface area contributed by atoms with E-state index in [2.05, 4.69) is 15.4 Å². The van der Waals surface area contributed by atoms with Gasteiger partial charge in [-0.05, 0) is 38.2 Å². The third-order valence-electron chi connectivity index (χ3n) is 4.77. The Morgan fingerprint density at radius 2 is 2.20 bits per heavy atom. The first-order valence-corrected chi connectivity index (χ1v) is 9.42. The Hall–Kier alpha value is -2.06. The zero-order chi connectivity index (χ0) is 17.4. The first-order chi connectivity index (χ1) is 12.1. The second kappa shape index (κ2) is 6.68. The van der Waals surface area contributed by atoms with E-state index in [1.54, 1.807) is 11.4 Å². The predicted molar refractivity (Wildman–Crippen MR) is 93.1 cm³/mol. The van der Waals surface area contributed by atoms with Crippen molar-refractivity contribution in [3.8, 4) is 0 Å². The topological polar surface area (TPSA) is 86.1 Å². The summed E-state index contributed by atoms with van der Waals surface area (Å²) >= 11 is 1.43. The average Bonchev–Trinajstić information content (AvgIpc) is 3.23. The molecule has 25 heavy (non-hydrogen) atoms. The predicted octanol–water partition coefficient (Wildman–Crippen LogP) is 1.26. The molecule has 1 amide bonds. The standard InChI is InChI=1S/C17H20N4O3S/c1-10-18-14(9-25-10)17(23)19-13-7-24-8-15(13)21-16(22)6-11-4-2-3-5-12(11)20-21/h6,9,13,15H,2-5,7-8H2,1H3,(H,19,23). The van der Waals surface area contributed by atoms with Crippen LogP contribution in [0.5, 0.6) is 0 Å². The zero-order valence-corrected chi connectivity index (χ0v) is 14.8. The van der Waals surface area contributed by atoms with Crippen LogP contribution in [0.1, 0.15) is 45.6 Å². The van der Waals surface area contributed by atoms with Gasteiger partial charge in [-0.2, -0.15) is 5.10 Å². The molecule has 4 rings (SSSR count). The largest absolute Gasteiger partial charge is 0.377 e. The molecule has 8 heteroatoms. The number of carbonyl (C=O) groups excluding carboxylic acids is 1. The molecule has 0 bridgehead atoms. The molecule has 3 heterocycles. The smallest absolute Gasteiger partial charge is 0.271 e. The fourth-order valence-electron chi connectivity index (χ4n) is 3.45. The number of ether oxygens (including phenoxy) is 1. The highest BCUT2D eigenvalue weighted by Gasteiger charge is 2.33. The summed E-state index contributed by atoms with van der Waals surface area (Å²) in [6.45, 7) is 2.59. The summed E-state index contributed by atoms with van der Waals surface area (Å²) in [6.07, 6.45) is 4.03. The molecular formula is C17H20N4O3S. The third-order valence-corrected chi connectivity index (χ3v) is 5.54. The van der Waals surface area contributed by atoms with E-state index in [1.807, 2.05) is 6.92 Å². The van der Waals surface area contributed by atoms with Gasteiger partial charge in [0.2, 0.25) is 0 Å². The van der Waals surface area contributed by atoms with Gasteiger partial charge in [0.1, 0.15) is 11.7 Å². The Kier molecular flexibility index (Phi) is 4.39. The Morgan fingerprint density at radius 1 is 1.36 bits per heavy atom. The van der Waals surface area contributed by atoms with Gasteiger partial charge in [0.15, 0.2) is 0 Å². The number of thiazole rings is 1. The number of aryl methyl sites for hydroxylation is 3. The summed E-state index contributed by atoms with van der Waals surface area (Å²) in [4.78, 5) is 29.1. The van der Waals surface area contributed by atoms with E-state index in [4.69, 9.17) is 4.74 Å². The van der Waals surface area contributed by atoms with E-state index >= 15 is 0 Å². The molecule has 1 aliphatic carbocycles. The molecule has 0 aromatic carbocycles. The Morgan fingerprint density at radius 3 is 3.00 bits per heavy atom. The van der Waals surface area contributed by atoms with Crippen LogP contribution >= 0.6 is 11.3 Å². The molecule has 2 unspecified atom stereocenters. The fraction of sp³-hybridized carbons (Fsp3) is 0.529. The van der Waals surface area contributed by atoms with E-state index < -0.39 is 0 Å². The first-order valence-electron chi connectivity index (χ1n) is 8.54. The SMILES string of the molecule is Cc1nc(C(=O)NC2COCC2n2nc3c(cc2=O)CCCC3)cs1. The van der Waals surface area contributed by atoms with Crippen LogP contribution in [0.2, 0.25) is 0 Å². The molecule has 0 spiro atoms. The monoisotopic (exact) mass is 360 g/mol. The number of amides is 1. The van der Waals surface area contributed by atoms with Gasteiger partial charge in [0, 0.05) is 11.4 Å². The molecule has 7 nitrogen and oxygen atoms in total. The fourth-order valence-corrected chi connectivity index (χ4v) is 4.04. The van der Waals surface area contributed by atoms with Crippen LogP contribution in [0.15, 0.2) is 16.2 Å². The third kappa shape index (κ3) is 3.23. The lowest BCUT2D eigenvalue weighted by atomic mass is 9.97. The van der Waals surface area contributed by atoms with Crippen molar-refractivity contribution in [3.63, 3.8) is 0 Å². The molecule has 1 N–H and O–H groups in total. The van der Waals surface area contributed by atoms with Crippen molar-refractivity contribution in [3.05, 3.63) is 43.8 Å². The molecule has 1 saturated heterocycles. The lowest BCUT2D eigenvalue weighted by Gasteiger charge is -2.22. The number of carbonyl (C=O) groups is 1. The maximum absolute atomic E-state index is 12.5. The van der Waals surface area contributed by atoms with Gasteiger partial charge in [-0.15, -0.1) is 11.3 Å².